The SMILES string of the molecule is CC(C)(C)c1ccc(OCC(=O)N/N=C/c2cccc(C(F)(F)F)c2)c(Br)c1. The van der Waals surface area contributed by atoms with Gasteiger partial charge in [0.2, 0.25) is 0 Å². The molecule has 28 heavy (non-hydrogen) atoms. The Morgan fingerprint density at radius 3 is 2.46 bits per heavy atom. The molecule has 4 nitrogen and oxygen atoms in total. The average molecular weight is 457 g/mol. The van der Waals surface area contributed by atoms with Gasteiger partial charge in [-0.2, -0.15) is 18.3 Å². The molecule has 0 aromatic heterocycles. The van der Waals surface area contributed by atoms with Crippen LogP contribution in [0.15, 0.2) is 52.0 Å². The van der Waals surface area contributed by atoms with Gasteiger partial charge in [-0.3, -0.25) is 4.79 Å². The molecule has 0 heterocycles. The monoisotopic (exact) mass is 456 g/mol. The van der Waals surface area contributed by atoms with E-state index in [0.717, 1.165) is 28.4 Å². The van der Waals surface area contributed by atoms with Crippen LogP contribution in [0, 0.1) is 0 Å². The number of hydrazone groups is 1. The summed E-state index contributed by atoms with van der Waals surface area (Å²) in [5.41, 5.74) is 2.76. The fourth-order valence-corrected chi connectivity index (χ4v) is 2.73. The van der Waals surface area contributed by atoms with E-state index in [4.69, 9.17) is 4.74 Å². The third-order valence-corrected chi connectivity index (χ3v) is 4.39. The van der Waals surface area contributed by atoms with E-state index in [1.807, 2.05) is 12.1 Å². The van der Waals surface area contributed by atoms with E-state index in [1.54, 1.807) is 6.07 Å². The van der Waals surface area contributed by atoms with Crippen LogP contribution in [-0.2, 0) is 16.4 Å². The van der Waals surface area contributed by atoms with E-state index >= 15 is 0 Å². The minimum absolute atomic E-state index is 0.0173. The topological polar surface area (TPSA) is 50.7 Å². The van der Waals surface area contributed by atoms with Crippen LogP contribution in [0.4, 0.5) is 13.2 Å². The van der Waals surface area contributed by atoms with Crippen LogP contribution in [0.1, 0.15) is 37.5 Å². The number of hydrogen-bond donors (Lipinski definition) is 1. The highest BCUT2D eigenvalue weighted by atomic mass is 79.9. The van der Waals surface area contributed by atoms with Gasteiger partial charge in [0.25, 0.3) is 5.91 Å². The van der Waals surface area contributed by atoms with Gasteiger partial charge >= 0.3 is 6.18 Å². The molecule has 150 valence electrons. The fraction of sp³-hybridized carbons (Fsp3) is 0.300. The van der Waals surface area contributed by atoms with Crippen LogP contribution in [0.5, 0.6) is 5.75 Å². The molecule has 0 bridgehead atoms. The van der Waals surface area contributed by atoms with Crippen LogP contribution >= 0.6 is 15.9 Å². The van der Waals surface area contributed by atoms with Gasteiger partial charge in [0.05, 0.1) is 16.3 Å². The summed E-state index contributed by atoms with van der Waals surface area (Å²) in [4.78, 5) is 11.8. The molecule has 0 fully saturated rings. The second kappa shape index (κ2) is 8.77. The van der Waals surface area contributed by atoms with E-state index in [2.05, 4.69) is 47.2 Å². The Hall–Kier alpha value is -2.35. The lowest BCUT2D eigenvalue weighted by atomic mass is 9.87. The zero-order valence-corrected chi connectivity index (χ0v) is 17.2. The predicted octanol–water partition coefficient (Wildman–Crippen LogP) is 5.29. The van der Waals surface area contributed by atoms with Gasteiger partial charge < -0.3 is 4.74 Å². The Kier molecular flexibility index (Phi) is 6.87. The number of nitrogens with one attached hydrogen (secondary N) is 1. The first kappa shape index (κ1) is 21.9. The lowest BCUT2D eigenvalue weighted by molar-refractivity contribution is -0.137. The van der Waals surface area contributed by atoms with Crippen molar-refractivity contribution in [2.75, 3.05) is 6.61 Å². The molecule has 0 unspecified atom stereocenters. The maximum atomic E-state index is 12.7. The van der Waals surface area contributed by atoms with E-state index in [9.17, 15) is 18.0 Å². The zero-order valence-electron chi connectivity index (χ0n) is 15.6. The van der Waals surface area contributed by atoms with Gasteiger partial charge in [0, 0.05) is 0 Å². The standard InChI is InChI=1S/C20H20BrF3N2O2/c1-19(2,3)14-7-8-17(16(21)10-14)28-12-18(27)26-25-11-13-5-4-6-15(9-13)20(22,23)24/h4-11H,12H2,1-3H3,(H,26,27)/b25-11+. The second-order valence-electron chi connectivity index (χ2n) is 7.10. The van der Waals surface area contributed by atoms with Crippen molar-refractivity contribution in [3.05, 3.63) is 63.6 Å². The molecule has 0 atom stereocenters. The van der Waals surface area contributed by atoms with E-state index < -0.39 is 17.6 Å². The third-order valence-electron chi connectivity index (χ3n) is 3.77. The van der Waals surface area contributed by atoms with Crippen LogP contribution in [0.2, 0.25) is 0 Å². The van der Waals surface area contributed by atoms with E-state index in [1.165, 1.54) is 12.1 Å². The molecule has 2 rings (SSSR count). The van der Waals surface area contributed by atoms with Crippen LogP contribution in [0.25, 0.3) is 0 Å². The highest BCUT2D eigenvalue weighted by molar-refractivity contribution is 9.10. The fourth-order valence-electron chi connectivity index (χ4n) is 2.23. The van der Waals surface area contributed by atoms with E-state index in [-0.39, 0.29) is 17.6 Å². The Morgan fingerprint density at radius 1 is 1.14 bits per heavy atom. The smallest absolute Gasteiger partial charge is 0.416 e. The summed E-state index contributed by atoms with van der Waals surface area (Å²) < 4.78 is 44.2. The zero-order chi connectivity index (χ0) is 20.9. The van der Waals surface area contributed by atoms with Crippen LogP contribution in [-0.4, -0.2) is 18.7 Å². The van der Waals surface area contributed by atoms with Crippen molar-refractivity contribution < 1.29 is 22.7 Å². The molecule has 0 aliphatic carbocycles. The quantitative estimate of drug-likeness (QED) is 0.490. The number of benzene rings is 2. The molecule has 2 aromatic carbocycles. The van der Waals surface area contributed by atoms with Crippen LogP contribution in [0.3, 0.4) is 0 Å². The molecule has 0 saturated heterocycles. The Labute approximate surface area is 169 Å². The van der Waals surface area contributed by atoms with Crippen molar-refractivity contribution in [2.45, 2.75) is 32.4 Å². The van der Waals surface area contributed by atoms with Crippen molar-refractivity contribution in [2.24, 2.45) is 5.10 Å². The molecule has 8 heteroatoms. The maximum absolute atomic E-state index is 12.7. The number of alkyl halides is 3. The number of carbonyl (C=O) groups excluding carboxylic acids is 1. The summed E-state index contributed by atoms with van der Waals surface area (Å²) >= 11 is 3.42. The van der Waals surface area contributed by atoms with Gasteiger partial charge in [-0.25, -0.2) is 5.43 Å². The summed E-state index contributed by atoms with van der Waals surface area (Å²) in [5, 5.41) is 3.66. The predicted molar refractivity (Wildman–Crippen MR) is 106 cm³/mol. The molecule has 2 aromatic rings. The van der Waals surface area contributed by atoms with Gasteiger partial charge in [-0.1, -0.05) is 39.0 Å². The summed E-state index contributed by atoms with van der Waals surface area (Å²) in [6.45, 7) is 5.98. The Morgan fingerprint density at radius 2 is 1.86 bits per heavy atom. The largest absolute Gasteiger partial charge is 0.483 e. The molecule has 1 N–H and O–H groups in total. The lowest BCUT2D eigenvalue weighted by Gasteiger charge is -2.20. The summed E-state index contributed by atoms with van der Waals surface area (Å²) in [5.74, 6) is -0.0277. The first-order chi connectivity index (χ1) is 13.0. The lowest BCUT2D eigenvalue weighted by Crippen LogP contribution is -2.24. The normalized spacial score (nSPS) is 12.2. The first-order valence-electron chi connectivity index (χ1n) is 8.39. The van der Waals surface area contributed by atoms with Crippen LogP contribution < -0.4 is 10.2 Å². The number of hydrogen-bond acceptors (Lipinski definition) is 3. The molecule has 0 saturated carbocycles. The van der Waals surface area contributed by atoms with Crippen molar-refractivity contribution in [3.63, 3.8) is 0 Å². The van der Waals surface area contributed by atoms with Crippen molar-refractivity contribution in [1.29, 1.82) is 0 Å². The summed E-state index contributed by atoms with van der Waals surface area (Å²) in [7, 11) is 0. The summed E-state index contributed by atoms with van der Waals surface area (Å²) in [6.07, 6.45) is -3.29. The third kappa shape index (κ3) is 6.37. The number of amides is 1. The summed E-state index contributed by atoms with van der Waals surface area (Å²) in [6, 6.07) is 10.3. The highest BCUT2D eigenvalue weighted by Crippen LogP contribution is 2.31. The molecular formula is C20H20BrF3N2O2. The Balaban J connectivity index is 1.91. The molecule has 0 aliphatic heterocycles. The van der Waals surface area contributed by atoms with Gasteiger partial charge in [0.1, 0.15) is 5.75 Å². The number of halogens is 4. The van der Waals surface area contributed by atoms with Gasteiger partial charge in [-0.05, 0) is 56.7 Å². The molecule has 0 aliphatic rings. The molecular weight excluding hydrogens is 437 g/mol. The molecule has 1 amide bonds. The molecule has 0 radical (unpaired) electrons. The minimum Gasteiger partial charge on any atom is -0.483 e. The van der Waals surface area contributed by atoms with Crippen molar-refractivity contribution >= 4 is 28.1 Å². The maximum Gasteiger partial charge on any atom is 0.416 e. The number of rotatable bonds is 5. The first-order valence-corrected chi connectivity index (χ1v) is 9.18. The van der Waals surface area contributed by atoms with Gasteiger partial charge in [0.15, 0.2) is 6.61 Å². The number of nitrogens with zero attached hydrogens (tertiary/aromatic N) is 1. The number of carbonyl (C=O) groups is 1. The minimum atomic E-state index is -4.43. The highest BCUT2D eigenvalue weighted by Gasteiger charge is 2.30. The molecule has 0 spiro atoms. The van der Waals surface area contributed by atoms with Gasteiger partial charge in [-0.15, -0.1) is 0 Å². The second-order valence-corrected chi connectivity index (χ2v) is 7.95. The van der Waals surface area contributed by atoms with Crippen molar-refractivity contribution in [3.8, 4) is 5.75 Å². The van der Waals surface area contributed by atoms with Crippen molar-refractivity contribution in [1.82, 2.24) is 5.43 Å². The Bertz CT molecular complexity index is 874. The van der Waals surface area contributed by atoms with E-state index in [0.29, 0.717) is 5.75 Å². The average Bonchev–Trinajstić information content (AvgIpc) is 2.59. The number of ether oxygens (including phenoxy) is 1.